The Morgan fingerprint density at radius 2 is 2.11 bits per heavy atom. The van der Waals surface area contributed by atoms with Gasteiger partial charge in [0.25, 0.3) is 0 Å². The van der Waals surface area contributed by atoms with E-state index >= 15 is 0 Å². The highest BCUT2D eigenvalue weighted by molar-refractivity contribution is 9.10. The molecule has 1 fully saturated rings. The van der Waals surface area contributed by atoms with Crippen LogP contribution in [0.5, 0.6) is 0 Å². The number of piperidine rings is 1. The second-order valence-electron chi connectivity index (χ2n) is 4.34. The topological polar surface area (TPSA) is 63.4 Å². The molecule has 1 heterocycles. The Kier molecular flexibility index (Phi) is 6.10. The van der Waals surface area contributed by atoms with Crippen LogP contribution in [0.4, 0.5) is 0 Å². The third-order valence-corrected chi connectivity index (χ3v) is 6.01. The van der Waals surface area contributed by atoms with Crippen molar-refractivity contribution in [3.8, 4) is 0 Å². The highest BCUT2D eigenvalue weighted by atomic mass is 79.9. The molecule has 0 amide bonds. The third kappa shape index (κ3) is 3.83. The lowest BCUT2D eigenvalue weighted by Gasteiger charge is -2.30. The molecule has 2 rings (SSSR count). The van der Waals surface area contributed by atoms with Crippen molar-refractivity contribution in [2.24, 2.45) is 5.73 Å². The normalized spacial score (nSPS) is 20.9. The van der Waals surface area contributed by atoms with Gasteiger partial charge in [-0.1, -0.05) is 11.6 Å². The summed E-state index contributed by atoms with van der Waals surface area (Å²) in [5.41, 5.74) is 5.82. The fourth-order valence-electron chi connectivity index (χ4n) is 2.02. The fraction of sp³-hybridized carbons (Fsp3) is 0.455. The van der Waals surface area contributed by atoms with Crippen molar-refractivity contribution in [3.05, 3.63) is 27.7 Å². The van der Waals surface area contributed by atoms with E-state index in [2.05, 4.69) is 15.9 Å². The van der Waals surface area contributed by atoms with E-state index in [1.54, 1.807) is 12.1 Å². The lowest BCUT2D eigenvalue weighted by Crippen LogP contribution is -2.45. The van der Waals surface area contributed by atoms with Crippen LogP contribution in [-0.4, -0.2) is 31.9 Å². The summed E-state index contributed by atoms with van der Waals surface area (Å²) in [5, 5.41) is 0.496. The number of rotatable bonds is 2. The van der Waals surface area contributed by atoms with E-state index in [1.807, 2.05) is 0 Å². The summed E-state index contributed by atoms with van der Waals surface area (Å²) < 4.78 is 26.8. The first kappa shape index (κ1) is 17.2. The number of halogens is 3. The molecule has 108 valence electrons. The van der Waals surface area contributed by atoms with Crippen molar-refractivity contribution in [1.29, 1.82) is 0 Å². The zero-order valence-electron chi connectivity index (χ0n) is 10.1. The predicted octanol–water partition coefficient (Wildman–Crippen LogP) is 2.64. The Morgan fingerprint density at radius 1 is 1.42 bits per heavy atom. The molecule has 2 N–H and O–H groups in total. The van der Waals surface area contributed by atoms with Crippen molar-refractivity contribution >= 4 is 50.0 Å². The molecule has 4 nitrogen and oxygen atoms in total. The molecule has 1 aliphatic rings. The molecule has 1 aromatic carbocycles. The van der Waals surface area contributed by atoms with Crippen LogP contribution >= 0.6 is 39.9 Å². The lowest BCUT2D eigenvalue weighted by molar-refractivity contribution is 0.316. The van der Waals surface area contributed by atoms with E-state index in [0.717, 1.165) is 12.8 Å². The van der Waals surface area contributed by atoms with E-state index in [-0.39, 0.29) is 23.3 Å². The van der Waals surface area contributed by atoms with E-state index in [0.29, 0.717) is 22.6 Å². The van der Waals surface area contributed by atoms with Crippen molar-refractivity contribution in [3.63, 3.8) is 0 Å². The summed E-state index contributed by atoms with van der Waals surface area (Å²) >= 11 is 9.06. The second kappa shape index (κ2) is 6.74. The molecule has 1 aliphatic heterocycles. The van der Waals surface area contributed by atoms with Gasteiger partial charge in [-0.2, -0.15) is 4.31 Å². The van der Waals surface area contributed by atoms with Crippen LogP contribution in [0, 0.1) is 0 Å². The van der Waals surface area contributed by atoms with Gasteiger partial charge in [-0.05, 0) is 47.0 Å². The number of hydrogen-bond donors (Lipinski definition) is 1. The van der Waals surface area contributed by atoms with Gasteiger partial charge < -0.3 is 5.73 Å². The van der Waals surface area contributed by atoms with E-state index in [4.69, 9.17) is 17.3 Å². The SMILES string of the molecule is Cl.NC1CCCN(S(=O)(=O)c2ccc(Cl)cc2Br)C1. The van der Waals surface area contributed by atoms with Crippen LogP contribution in [0.25, 0.3) is 0 Å². The summed E-state index contributed by atoms with van der Waals surface area (Å²) in [6.45, 7) is 0.891. The van der Waals surface area contributed by atoms with Gasteiger partial charge in [-0.3, -0.25) is 0 Å². The van der Waals surface area contributed by atoms with Gasteiger partial charge >= 0.3 is 0 Å². The molecular weight excluding hydrogens is 375 g/mol. The smallest absolute Gasteiger partial charge is 0.244 e. The summed E-state index contributed by atoms with van der Waals surface area (Å²) in [7, 11) is -3.49. The predicted molar refractivity (Wildman–Crippen MR) is 82.4 cm³/mol. The minimum atomic E-state index is -3.49. The van der Waals surface area contributed by atoms with Crippen LogP contribution in [0.2, 0.25) is 5.02 Å². The standard InChI is InChI=1S/C11H14BrClN2O2S.ClH/c12-10-6-8(13)3-4-11(10)18(16,17)15-5-1-2-9(14)7-15;/h3-4,6,9H,1-2,5,7,14H2;1H. The van der Waals surface area contributed by atoms with Gasteiger partial charge in [0, 0.05) is 28.6 Å². The highest BCUT2D eigenvalue weighted by Gasteiger charge is 2.30. The Bertz CT molecular complexity index is 554. The summed E-state index contributed by atoms with van der Waals surface area (Å²) in [5.74, 6) is 0. The minimum absolute atomic E-state index is 0. The zero-order chi connectivity index (χ0) is 13.3. The molecule has 8 heteroatoms. The quantitative estimate of drug-likeness (QED) is 0.845. The first-order valence-corrected chi connectivity index (χ1v) is 8.23. The fourth-order valence-corrected chi connectivity index (χ4v) is 4.89. The summed E-state index contributed by atoms with van der Waals surface area (Å²) in [6, 6.07) is 4.59. The average molecular weight is 390 g/mol. The largest absolute Gasteiger partial charge is 0.327 e. The van der Waals surface area contributed by atoms with Crippen LogP contribution in [0.3, 0.4) is 0 Å². The molecule has 0 spiro atoms. The van der Waals surface area contributed by atoms with Crippen LogP contribution in [-0.2, 0) is 10.0 Å². The van der Waals surface area contributed by atoms with Crippen molar-refractivity contribution in [2.75, 3.05) is 13.1 Å². The maximum absolute atomic E-state index is 12.5. The van der Waals surface area contributed by atoms with Crippen molar-refractivity contribution < 1.29 is 8.42 Å². The Hall–Kier alpha value is 0.150. The lowest BCUT2D eigenvalue weighted by atomic mass is 10.1. The van der Waals surface area contributed by atoms with E-state index in [9.17, 15) is 8.42 Å². The molecule has 1 saturated heterocycles. The van der Waals surface area contributed by atoms with Gasteiger partial charge in [-0.25, -0.2) is 8.42 Å². The highest BCUT2D eigenvalue weighted by Crippen LogP contribution is 2.29. The maximum atomic E-state index is 12.5. The van der Waals surface area contributed by atoms with E-state index in [1.165, 1.54) is 10.4 Å². The zero-order valence-corrected chi connectivity index (χ0v) is 14.0. The van der Waals surface area contributed by atoms with Crippen LogP contribution < -0.4 is 5.73 Å². The number of nitrogens with zero attached hydrogens (tertiary/aromatic N) is 1. The summed E-state index contributed by atoms with van der Waals surface area (Å²) in [4.78, 5) is 0.237. The van der Waals surface area contributed by atoms with Crippen molar-refractivity contribution in [1.82, 2.24) is 4.31 Å². The van der Waals surface area contributed by atoms with Crippen LogP contribution in [0.15, 0.2) is 27.6 Å². The molecule has 0 aromatic heterocycles. The van der Waals surface area contributed by atoms with Crippen molar-refractivity contribution in [2.45, 2.75) is 23.8 Å². The Balaban J connectivity index is 0.00000180. The number of benzene rings is 1. The van der Waals surface area contributed by atoms with Gasteiger partial charge in [0.1, 0.15) is 0 Å². The number of sulfonamides is 1. The van der Waals surface area contributed by atoms with E-state index < -0.39 is 10.0 Å². The van der Waals surface area contributed by atoms with Gasteiger partial charge in [0.05, 0.1) is 4.90 Å². The molecule has 1 unspecified atom stereocenters. The second-order valence-corrected chi connectivity index (χ2v) is 7.54. The molecule has 19 heavy (non-hydrogen) atoms. The minimum Gasteiger partial charge on any atom is -0.327 e. The average Bonchev–Trinajstić information content (AvgIpc) is 2.28. The number of hydrogen-bond acceptors (Lipinski definition) is 3. The molecule has 0 aliphatic carbocycles. The molecule has 0 bridgehead atoms. The summed E-state index contributed by atoms with van der Waals surface area (Å²) in [6.07, 6.45) is 1.67. The molecule has 0 saturated carbocycles. The molecule has 1 atom stereocenters. The van der Waals surface area contributed by atoms with Crippen LogP contribution in [0.1, 0.15) is 12.8 Å². The van der Waals surface area contributed by atoms with Gasteiger partial charge in [-0.15, -0.1) is 12.4 Å². The number of nitrogens with two attached hydrogens (primary N) is 1. The maximum Gasteiger partial charge on any atom is 0.244 e. The molecular formula is C11H15BrCl2N2O2S. The van der Waals surface area contributed by atoms with Gasteiger partial charge in [0.2, 0.25) is 10.0 Å². The first-order valence-electron chi connectivity index (χ1n) is 5.62. The first-order chi connectivity index (χ1) is 8.41. The van der Waals surface area contributed by atoms with Gasteiger partial charge in [0.15, 0.2) is 0 Å². The Morgan fingerprint density at radius 3 is 2.68 bits per heavy atom. The third-order valence-electron chi connectivity index (χ3n) is 2.93. The molecule has 1 aromatic rings. The molecule has 0 radical (unpaired) electrons. The monoisotopic (exact) mass is 388 g/mol. The Labute approximate surface area is 132 Å².